The second-order valence-corrected chi connectivity index (χ2v) is 5.53. The number of nitro groups is 1. The first-order valence-electron chi connectivity index (χ1n) is 6.04. The monoisotopic (exact) mass is 263 g/mol. The maximum atomic E-state index is 10.9. The molecule has 3 rings (SSSR count). The Bertz CT molecular complexity index is 590. The molecule has 1 fully saturated rings. The largest absolute Gasteiger partial charge is 0.359 e. The lowest BCUT2D eigenvalue weighted by Gasteiger charge is -2.08. The number of fused-ring (bicyclic) bond motifs is 1. The van der Waals surface area contributed by atoms with Crippen LogP contribution in [0.2, 0.25) is 0 Å². The summed E-state index contributed by atoms with van der Waals surface area (Å²) in [6.45, 7) is 0. The first-order valence-corrected chi connectivity index (χ1v) is 6.86. The second-order valence-electron chi connectivity index (χ2n) is 4.53. The van der Waals surface area contributed by atoms with Crippen LogP contribution in [0.15, 0.2) is 18.2 Å². The van der Waals surface area contributed by atoms with E-state index in [-0.39, 0.29) is 10.6 Å². The summed E-state index contributed by atoms with van der Waals surface area (Å²) in [5.74, 6) is 0. The van der Waals surface area contributed by atoms with Gasteiger partial charge in [-0.2, -0.15) is 0 Å². The highest BCUT2D eigenvalue weighted by atomic mass is 32.1. The van der Waals surface area contributed by atoms with Crippen molar-refractivity contribution in [2.45, 2.75) is 31.7 Å². The number of thiazole rings is 1. The number of rotatable bonds is 3. The van der Waals surface area contributed by atoms with Gasteiger partial charge in [-0.15, -0.1) is 0 Å². The molecule has 0 unspecified atom stereocenters. The van der Waals surface area contributed by atoms with E-state index in [1.807, 2.05) is 6.07 Å². The maximum absolute atomic E-state index is 10.9. The van der Waals surface area contributed by atoms with Crippen molar-refractivity contribution >= 4 is 32.4 Å². The molecule has 2 aromatic rings. The van der Waals surface area contributed by atoms with Gasteiger partial charge in [0, 0.05) is 12.1 Å². The van der Waals surface area contributed by atoms with Gasteiger partial charge in [0.05, 0.1) is 10.4 Å². The Morgan fingerprint density at radius 1 is 1.39 bits per heavy atom. The molecule has 6 heteroatoms. The summed E-state index contributed by atoms with van der Waals surface area (Å²) < 4.78 is 0.656. The number of hydrogen-bond donors (Lipinski definition) is 1. The van der Waals surface area contributed by atoms with Crippen LogP contribution in [0.1, 0.15) is 25.7 Å². The number of nitrogens with zero attached hydrogens (tertiary/aromatic N) is 2. The van der Waals surface area contributed by atoms with Gasteiger partial charge in [-0.05, 0) is 18.9 Å². The quantitative estimate of drug-likeness (QED) is 0.679. The molecule has 0 aliphatic heterocycles. The zero-order valence-electron chi connectivity index (χ0n) is 9.76. The van der Waals surface area contributed by atoms with E-state index in [9.17, 15) is 10.1 Å². The van der Waals surface area contributed by atoms with Crippen molar-refractivity contribution in [3.63, 3.8) is 0 Å². The van der Waals surface area contributed by atoms with Gasteiger partial charge in [-0.25, -0.2) is 4.98 Å². The number of non-ortho nitro benzene ring substituents is 1. The predicted octanol–water partition coefficient (Wildman–Crippen LogP) is 3.56. The van der Waals surface area contributed by atoms with Gasteiger partial charge >= 0.3 is 0 Å². The van der Waals surface area contributed by atoms with E-state index >= 15 is 0 Å². The van der Waals surface area contributed by atoms with Gasteiger partial charge in [0.1, 0.15) is 4.70 Å². The SMILES string of the molecule is O=[N+]([O-])c1cccc2nc(NC3CCCC3)sc12. The highest BCUT2D eigenvalue weighted by Crippen LogP contribution is 2.34. The number of nitro benzene ring substituents is 1. The fourth-order valence-electron chi connectivity index (χ4n) is 2.38. The Morgan fingerprint density at radius 3 is 2.89 bits per heavy atom. The molecule has 18 heavy (non-hydrogen) atoms. The van der Waals surface area contributed by atoms with Gasteiger partial charge in [-0.3, -0.25) is 10.1 Å². The normalized spacial score (nSPS) is 16.2. The standard InChI is InChI=1S/C12H13N3O2S/c16-15(17)10-7-3-6-9-11(10)18-12(14-9)13-8-4-1-2-5-8/h3,6-8H,1-2,4-5H2,(H,13,14). The van der Waals surface area contributed by atoms with E-state index in [1.165, 1.54) is 30.2 Å². The van der Waals surface area contributed by atoms with Crippen LogP contribution in [0, 0.1) is 10.1 Å². The smallest absolute Gasteiger partial charge is 0.288 e. The molecule has 5 nitrogen and oxygen atoms in total. The molecule has 1 aliphatic rings. The van der Waals surface area contributed by atoms with Crippen LogP contribution in [0.25, 0.3) is 10.2 Å². The van der Waals surface area contributed by atoms with E-state index in [0.717, 1.165) is 18.0 Å². The predicted molar refractivity (Wildman–Crippen MR) is 72.2 cm³/mol. The summed E-state index contributed by atoms with van der Waals surface area (Å²) in [5, 5.41) is 15.1. The average molecular weight is 263 g/mol. The highest BCUT2D eigenvalue weighted by Gasteiger charge is 2.19. The van der Waals surface area contributed by atoms with Crippen LogP contribution >= 0.6 is 11.3 Å². The zero-order chi connectivity index (χ0) is 12.5. The second kappa shape index (κ2) is 4.53. The summed E-state index contributed by atoms with van der Waals surface area (Å²) in [6, 6.07) is 5.50. The van der Waals surface area contributed by atoms with Gasteiger partial charge in [-0.1, -0.05) is 30.2 Å². The first kappa shape index (κ1) is 11.4. The van der Waals surface area contributed by atoms with Gasteiger partial charge in [0.15, 0.2) is 5.13 Å². The molecule has 1 heterocycles. The van der Waals surface area contributed by atoms with Crippen molar-refractivity contribution < 1.29 is 4.92 Å². The zero-order valence-corrected chi connectivity index (χ0v) is 10.6. The molecule has 0 atom stereocenters. The van der Waals surface area contributed by atoms with Gasteiger partial charge in [0.2, 0.25) is 0 Å². The van der Waals surface area contributed by atoms with Crippen LogP contribution < -0.4 is 5.32 Å². The number of aromatic nitrogens is 1. The molecule has 1 aromatic carbocycles. The van der Waals surface area contributed by atoms with Crippen LogP contribution in [0.3, 0.4) is 0 Å². The lowest BCUT2D eigenvalue weighted by atomic mass is 10.3. The van der Waals surface area contributed by atoms with Crippen molar-refractivity contribution in [1.82, 2.24) is 4.98 Å². The lowest BCUT2D eigenvalue weighted by molar-refractivity contribution is -0.382. The third kappa shape index (κ3) is 2.03. The van der Waals surface area contributed by atoms with E-state index in [0.29, 0.717) is 16.3 Å². The molecule has 0 spiro atoms. The summed E-state index contributed by atoms with van der Waals surface area (Å²) in [5.41, 5.74) is 0.846. The number of benzene rings is 1. The molecule has 0 bridgehead atoms. The van der Waals surface area contributed by atoms with Crippen molar-refractivity contribution in [3.8, 4) is 0 Å². The Morgan fingerprint density at radius 2 is 2.17 bits per heavy atom. The highest BCUT2D eigenvalue weighted by molar-refractivity contribution is 7.22. The molecule has 0 amide bonds. The van der Waals surface area contributed by atoms with E-state index < -0.39 is 0 Å². The summed E-state index contributed by atoms with van der Waals surface area (Å²) in [7, 11) is 0. The van der Waals surface area contributed by atoms with E-state index in [1.54, 1.807) is 6.07 Å². The van der Waals surface area contributed by atoms with Crippen molar-refractivity contribution in [3.05, 3.63) is 28.3 Å². The molecule has 0 saturated heterocycles. The summed E-state index contributed by atoms with van der Waals surface area (Å²) >= 11 is 1.38. The van der Waals surface area contributed by atoms with Crippen molar-refractivity contribution in [2.75, 3.05) is 5.32 Å². The van der Waals surface area contributed by atoms with Crippen molar-refractivity contribution in [2.24, 2.45) is 0 Å². The molecule has 1 aliphatic carbocycles. The average Bonchev–Trinajstić information content (AvgIpc) is 2.96. The molecule has 1 aromatic heterocycles. The van der Waals surface area contributed by atoms with Crippen LogP contribution in [0.5, 0.6) is 0 Å². The Hall–Kier alpha value is -1.69. The number of anilines is 1. The van der Waals surface area contributed by atoms with Crippen LogP contribution in [-0.4, -0.2) is 15.9 Å². The van der Waals surface area contributed by atoms with E-state index in [2.05, 4.69) is 10.3 Å². The molecule has 1 N–H and O–H groups in total. The topological polar surface area (TPSA) is 68.1 Å². The third-order valence-corrected chi connectivity index (χ3v) is 4.30. The molecule has 94 valence electrons. The van der Waals surface area contributed by atoms with Crippen LogP contribution in [-0.2, 0) is 0 Å². The minimum absolute atomic E-state index is 0.143. The van der Waals surface area contributed by atoms with Gasteiger partial charge in [0.25, 0.3) is 5.69 Å². The fourth-order valence-corrected chi connectivity index (χ4v) is 3.41. The third-order valence-electron chi connectivity index (χ3n) is 3.27. The molecular formula is C12H13N3O2S. The Labute approximate surface area is 108 Å². The molecule has 1 saturated carbocycles. The lowest BCUT2D eigenvalue weighted by Crippen LogP contribution is -2.13. The van der Waals surface area contributed by atoms with E-state index in [4.69, 9.17) is 0 Å². The number of nitrogens with one attached hydrogen (secondary N) is 1. The van der Waals surface area contributed by atoms with Crippen LogP contribution in [0.4, 0.5) is 10.8 Å². The minimum Gasteiger partial charge on any atom is -0.359 e. The number of hydrogen-bond acceptors (Lipinski definition) is 5. The Kier molecular flexibility index (Phi) is 2.87. The maximum Gasteiger partial charge on any atom is 0.288 e. The van der Waals surface area contributed by atoms with Gasteiger partial charge < -0.3 is 5.32 Å². The Balaban J connectivity index is 1.94. The summed E-state index contributed by atoms with van der Waals surface area (Å²) in [4.78, 5) is 15.0. The minimum atomic E-state index is -0.347. The molecular weight excluding hydrogens is 250 g/mol. The van der Waals surface area contributed by atoms with Crippen molar-refractivity contribution in [1.29, 1.82) is 0 Å². The first-order chi connectivity index (χ1) is 8.74. The fraction of sp³-hybridized carbons (Fsp3) is 0.417. The summed E-state index contributed by atoms with van der Waals surface area (Å²) in [6.07, 6.45) is 4.83. The molecule has 0 radical (unpaired) electrons.